The zero-order valence-corrected chi connectivity index (χ0v) is 12.0. The molecule has 0 fully saturated rings. The smallest absolute Gasteiger partial charge is 0.304 e. The van der Waals surface area contributed by atoms with Gasteiger partial charge in [-0.3, -0.25) is 9.69 Å². The maximum atomic E-state index is 10.6. The lowest BCUT2D eigenvalue weighted by molar-refractivity contribution is -0.137. The zero-order chi connectivity index (χ0) is 13.7. The third-order valence-corrected chi connectivity index (χ3v) is 3.54. The van der Waals surface area contributed by atoms with Crippen LogP contribution in [0.3, 0.4) is 0 Å². The van der Waals surface area contributed by atoms with Crippen LogP contribution in [0.25, 0.3) is 0 Å². The fourth-order valence-corrected chi connectivity index (χ4v) is 2.47. The van der Waals surface area contributed by atoms with Crippen LogP contribution in [0, 0.1) is 0 Å². The standard InChI is InChI=1S/C13H17Cl2NO2/c1-3-16(7-6-13(17)18)9(2)11-5-4-10(14)8-12(11)15/h4-5,8-9H,3,6-7H2,1-2H3,(H,17,18). The van der Waals surface area contributed by atoms with E-state index in [0.717, 1.165) is 12.1 Å². The van der Waals surface area contributed by atoms with Crippen LogP contribution in [-0.4, -0.2) is 29.1 Å². The lowest BCUT2D eigenvalue weighted by Gasteiger charge is -2.28. The van der Waals surface area contributed by atoms with Gasteiger partial charge in [-0.25, -0.2) is 0 Å². The first-order valence-corrected chi connectivity index (χ1v) is 6.62. The predicted octanol–water partition coefficient (Wildman–Crippen LogP) is 3.85. The number of carbonyl (C=O) groups is 1. The molecule has 3 nitrogen and oxygen atoms in total. The summed E-state index contributed by atoms with van der Waals surface area (Å²) < 4.78 is 0. The Balaban J connectivity index is 2.82. The first-order valence-electron chi connectivity index (χ1n) is 5.86. The molecule has 18 heavy (non-hydrogen) atoms. The Morgan fingerprint density at radius 1 is 1.44 bits per heavy atom. The SMILES string of the molecule is CCN(CCC(=O)O)C(C)c1ccc(Cl)cc1Cl. The quantitative estimate of drug-likeness (QED) is 0.865. The molecule has 0 aliphatic rings. The number of aliphatic carboxylic acids is 1. The molecule has 1 rings (SSSR count). The van der Waals surface area contributed by atoms with Crippen molar-refractivity contribution in [2.45, 2.75) is 26.3 Å². The highest BCUT2D eigenvalue weighted by molar-refractivity contribution is 6.35. The summed E-state index contributed by atoms with van der Waals surface area (Å²) in [6.07, 6.45) is 0.128. The molecule has 5 heteroatoms. The van der Waals surface area contributed by atoms with E-state index in [1.54, 1.807) is 12.1 Å². The number of hydrogen-bond donors (Lipinski definition) is 1. The number of carboxylic acid groups (broad SMARTS) is 1. The summed E-state index contributed by atoms with van der Waals surface area (Å²) in [5.41, 5.74) is 0.966. The second-order valence-electron chi connectivity index (χ2n) is 4.11. The molecule has 0 aliphatic heterocycles. The highest BCUT2D eigenvalue weighted by atomic mass is 35.5. The fraction of sp³-hybridized carbons (Fsp3) is 0.462. The molecule has 0 radical (unpaired) electrons. The van der Waals surface area contributed by atoms with E-state index in [2.05, 4.69) is 4.90 Å². The van der Waals surface area contributed by atoms with Gasteiger partial charge in [-0.1, -0.05) is 36.2 Å². The molecule has 0 aromatic heterocycles. The van der Waals surface area contributed by atoms with Gasteiger partial charge in [-0.15, -0.1) is 0 Å². The summed E-state index contributed by atoms with van der Waals surface area (Å²) in [5.74, 6) is -0.789. The molecule has 0 amide bonds. The second kappa shape index (κ2) is 6.98. The first kappa shape index (κ1) is 15.3. The predicted molar refractivity (Wildman–Crippen MR) is 74.4 cm³/mol. The number of rotatable bonds is 6. The zero-order valence-electron chi connectivity index (χ0n) is 10.5. The number of nitrogens with zero attached hydrogens (tertiary/aromatic N) is 1. The third kappa shape index (κ3) is 4.16. The lowest BCUT2D eigenvalue weighted by atomic mass is 10.1. The van der Waals surface area contributed by atoms with Gasteiger partial charge in [0, 0.05) is 22.6 Å². The minimum absolute atomic E-state index is 0.0686. The van der Waals surface area contributed by atoms with Crippen molar-refractivity contribution in [1.29, 1.82) is 0 Å². The highest BCUT2D eigenvalue weighted by Gasteiger charge is 2.17. The van der Waals surface area contributed by atoms with E-state index in [9.17, 15) is 4.79 Å². The van der Waals surface area contributed by atoms with Gasteiger partial charge in [0.25, 0.3) is 0 Å². The monoisotopic (exact) mass is 289 g/mol. The normalized spacial score (nSPS) is 12.7. The highest BCUT2D eigenvalue weighted by Crippen LogP contribution is 2.29. The van der Waals surface area contributed by atoms with E-state index in [-0.39, 0.29) is 12.5 Å². The largest absolute Gasteiger partial charge is 0.481 e. The maximum absolute atomic E-state index is 10.6. The molecule has 1 atom stereocenters. The summed E-state index contributed by atoms with van der Waals surface area (Å²) in [7, 11) is 0. The van der Waals surface area contributed by atoms with Gasteiger partial charge in [0.05, 0.1) is 6.42 Å². The van der Waals surface area contributed by atoms with Crippen LogP contribution in [0.15, 0.2) is 18.2 Å². The van der Waals surface area contributed by atoms with E-state index >= 15 is 0 Å². The fourth-order valence-electron chi connectivity index (χ4n) is 1.90. The summed E-state index contributed by atoms with van der Waals surface area (Å²) in [4.78, 5) is 12.7. The second-order valence-corrected chi connectivity index (χ2v) is 4.96. The molecule has 0 aliphatic carbocycles. The molecular formula is C13H17Cl2NO2. The Kier molecular flexibility index (Phi) is 5.93. The lowest BCUT2D eigenvalue weighted by Crippen LogP contribution is -2.29. The van der Waals surface area contributed by atoms with Gasteiger partial charge < -0.3 is 5.11 Å². The van der Waals surface area contributed by atoms with Crippen molar-refractivity contribution in [3.8, 4) is 0 Å². The van der Waals surface area contributed by atoms with Crippen molar-refractivity contribution in [3.05, 3.63) is 33.8 Å². The Morgan fingerprint density at radius 2 is 2.11 bits per heavy atom. The van der Waals surface area contributed by atoms with E-state index in [1.165, 1.54) is 0 Å². The third-order valence-electron chi connectivity index (χ3n) is 2.98. The van der Waals surface area contributed by atoms with Crippen molar-refractivity contribution < 1.29 is 9.90 Å². The minimum Gasteiger partial charge on any atom is -0.481 e. The van der Waals surface area contributed by atoms with Gasteiger partial charge >= 0.3 is 5.97 Å². The number of halogens is 2. The molecular weight excluding hydrogens is 273 g/mol. The molecule has 0 saturated carbocycles. The summed E-state index contributed by atoms with van der Waals surface area (Å²) in [5, 5.41) is 9.95. The van der Waals surface area contributed by atoms with E-state index in [0.29, 0.717) is 16.6 Å². The van der Waals surface area contributed by atoms with Gasteiger partial charge in [-0.05, 0) is 31.2 Å². The van der Waals surface area contributed by atoms with Crippen LogP contribution >= 0.6 is 23.2 Å². The van der Waals surface area contributed by atoms with Crippen LogP contribution < -0.4 is 0 Å². The molecule has 0 bridgehead atoms. The van der Waals surface area contributed by atoms with Crippen LogP contribution in [0.1, 0.15) is 31.9 Å². The first-order chi connectivity index (χ1) is 8.45. The molecule has 0 saturated heterocycles. The molecule has 0 spiro atoms. The van der Waals surface area contributed by atoms with Gasteiger partial charge in [0.15, 0.2) is 0 Å². The minimum atomic E-state index is -0.789. The van der Waals surface area contributed by atoms with Crippen molar-refractivity contribution in [2.24, 2.45) is 0 Å². The Morgan fingerprint density at radius 3 is 2.61 bits per heavy atom. The summed E-state index contributed by atoms with van der Waals surface area (Å²) in [6.45, 7) is 5.29. The van der Waals surface area contributed by atoms with Crippen molar-refractivity contribution in [2.75, 3.05) is 13.1 Å². The van der Waals surface area contributed by atoms with E-state index in [1.807, 2.05) is 19.9 Å². The Labute approximate surface area is 117 Å². The van der Waals surface area contributed by atoms with Crippen molar-refractivity contribution in [3.63, 3.8) is 0 Å². The Hall–Kier alpha value is -0.770. The maximum Gasteiger partial charge on any atom is 0.304 e. The molecule has 0 heterocycles. The average molecular weight is 290 g/mol. The number of hydrogen-bond acceptors (Lipinski definition) is 2. The average Bonchev–Trinajstić information content (AvgIpc) is 2.29. The van der Waals surface area contributed by atoms with Crippen molar-refractivity contribution >= 4 is 29.2 Å². The summed E-state index contributed by atoms with van der Waals surface area (Å²) in [6, 6.07) is 5.46. The van der Waals surface area contributed by atoms with E-state index < -0.39 is 5.97 Å². The molecule has 1 aromatic rings. The summed E-state index contributed by atoms with van der Waals surface area (Å²) >= 11 is 12.0. The molecule has 1 aromatic carbocycles. The van der Waals surface area contributed by atoms with Gasteiger partial charge in [0.2, 0.25) is 0 Å². The Bertz CT molecular complexity index is 423. The van der Waals surface area contributed by atoms with Crippen molar-refractivity contribution in [1.82, 2.24) is 4.90 Å². The van der Waals surface area contributed by atoms with Gasteiger partial charge in [-0.2, -0.15) is 0 Å². The number of carboxylic acids is 1. The molecule has 100 valence electrons. The van der Waals surface area contributed by atoms with E-state index in [4.69, 9.17) is 28.3 Å². The topological polar surface area (TPSA) is 40.5 Å². The van der Waals surface area contributed by atoms with Gasteiger partial charge in [0.1, 0.15) is 0 Å². The van der Waals surface area contributed by atoms with Crippen LogP contribution in [0.5, 0.6) is 0 Å². The van der Waals surface area contributed by atoms with Crippen LogP contribution in [-0.2, 0) is 4.79 Å². The molecule has 1 N–H and O–H groups in total. The van der Waals surface area contributed by atoms with Crippen LogP contribution in [0.2, 0.25) is 10.0 Å². The number of benzene rings is 1. The molecule has 1 unspecified atom stereocenters. The van der Waals surface area contributed by atoms with Crippen LogP contribution in [0.4, 0.5) is 0 Å².